The summed E-state index contributed by atoms with van der Waals surface area (Å²) < 4.78 is 1.84. The van der Waals surface area contributed by atoms with Crippen molar-refractivity contribution in [3.05, 3.63) is 54.1 Å². The second-order valence-electron chi connectivity index (χ2n) is 4.71. The Kier molecular flexibility index (Phi) is 3.43. The second kappa shape index (κ2) is 5.38. The molecule has 0 aliphatic heterocycles. The summed E-state index contributed by atoms with van der Waals surface area (Å²) in [4.78, 5) is 8.58. The number of nitrogens with zero attached hydrogens (tertiary/aromatic N) is 4. The molecular formula is C15H16N4O. The van der Waals surface area contributed by atoms with Gasteiger partial charge in [0.2, 0.25) is 0 Å². The summed E-state index contributed by atoms with van der Waals surface area (Å²) in [6.07, 6.45) is 7.15. The van der Waals surface area contributed by atoms with E-state index in [-0.39, 0.29) is 0 Å². The maximum Gasteiger partial charge on any atom is 0.109 e. The third-order valence-electron chi connectivity index (χ3n) is 3.25. The lowest BCUT2D eigenvalue weighted by Crippen LogP contribution is -2.01. The van der Waals surface area contributed by atoms with Crippen molar-refractivity contribution >= 4 is 11.0 Å². The molecule has 0 fully saturated rings. The van der Waals surface area contributed by atoms with Crippen LogP contribution in [-0.2, 0) is 6.54 Å². The summed E-state index contributed by atoms with van der Waals surface area (Å²) in [7, 11) is 0. The van der Waals surface area contributed by atoms with Crippen LogP contribution in [-0.4, -0.2) is 24.9 Å². The molecule has 102 valence electrons. The monoisotopic (exact) mass is 268 g/mol. The van der Waals surface area contributed by atoms with Gasteiger partial charge in [-0.1, -0.05) is 19.1 Å². The highest BCUT2D eigenvalue weighted by Gasteiger charge is 2.16. The highest BCUT2D eigenvalue weighted by molar-refractivity contribution is 5.78. The van der Waals surface area contributed by atoms with Crippen molar-refractivity contribution in [2.24, 2.45) is 0 Å². The number of aliphatic hydroxyl groups is 1. The number of rotatable bonds is 4. The first-order chi connectivity index (χ1) is 9.79. The molecule has 1 unspecified atom stereocenters. The minimum absolute atomic E-state index is 0.728. The molecule has 2 heterocycles. The normalized spacial score (nSPS) is 12.7. The average Bonchev–Trinajstić information content (AvgIpc) is 2.95. The zero-order valence-corrected chi connectivity index (χ0v) is 11.3. The molecule has 2 aromatic heterocycles. The van der Waals surface area contributed by atoms with Gasteiger partial charge in [0.05, 0.1) is 17.2 Å². The van der Waals surface area contributed by atoms with Crippen molar-refractivity contribution in [1.82, 2.24) is 19.7 Å². The van der Waals surface area contributed by atoms with Gasteiger partial charge in [0.1, 0.15) is 6.10 Å². The Bertz CT molecular complexity index is 717. The molecule has 1 atom stereocenters. The van der Waals surface area contributed by atoms with Crippen LogP contribution >= 0.6 is 0 Å². The first kappa shape index (κ1) is 12.7. The van der Waals surface area contributed by atoms with Crippen LogP contribution in [0.4, 0.5) is 0 Å². The average molecular weight is 268 g/mol. The molecule has 3 aromatic rings. The van der Waals surface area contributed by atoms with E-state index in [9.17, 15) is 5.11 Å². The number of aryl methyl sites for hydroxylation is 1. The molecule has 5 nitrogen and oxygen atoms in total. The van der Waals surface area contributed by atoms with Gasteiger partial charge >= 0.3 is 0 Å². The summed E-state index contributed by atoms with van der Waals surface area (Å²) in [5.74, 6) is 0. The number of hydrogen-bond acceptors (Lipinski definition) is 4. The van der Waals surface area contributed by atoms with Crippen LogP contribution in [0.1, 0.15) is 30.6 Å². The smallest absolute Gasteiger partial charge is 0.109 e. The number of para-hydroxylation sites is 1. The van der Waals surface area contributed by atoms with Crippen LogP contribution in [0.3, 0.4) is 0 Å². The van der Waals surface area contributed by atoms with E-state index in [1.54, 1.807) is 18.6 Å². The van der Waals surface area contributed by atoms with Gasteiger partial charge in [-0.15, -0.1) is 0 Å². The molecule has 0 bridgehead atoms. The van der Waals surface area contributed by atoms with E-state index >= 15 is 0 Å². The maximum absolute atomic E-state index is 10.6. The van der Waals surface area contributed by atoms with E-state index in [4.69, 9.17) is 0 Å². The summed E-state index contributed by atoms with van der Waals surface area (Å²) in [5, 5.41) is 14.8. The molecule has 0 radical (unpaired) electrons. The molecule has 5 heteroatoms. The van der Waals surface area contributed by atoms with Crippen LogP contribution in [0.25, 0.3) is 11.0 Å². The third-order valence-corrected chi connectivity index (χ3v) is 3.25. The van der Waals surface area contributed by atoms with E-state index in [0.29, 0.717) is 0 Å². The lowest BCUT2D eigenvalue weighted by Gasteiger charge is -2.10. The third kappa shape index (κ3) is 2.28. The Labute approximate surface area is 116 Å². The SMILES string of the molecule is CCCn1cc(C(O)c2cccc3nccnc23)cn1. The maximum atomic E-state index is 10.6. The van der Waals surface area contributed by atoms with Gasteiger partial charge in [-0.3, -0.25) is 14.6 Å². The van der Waals surface area contributed by atoms with E-state index in [2.05, 4.69) is 22.0 Å². The van der Waals surface area contributed by atoms with Gasteiger partial charge in [0, 0.05) is 36.3 Å². The largest absolute Gasteiger partial charge is 0.383 e. The van der Waals surface area contributed by atoms with Gasteiger partial charge < -0.3 is 5.11 Å². The first-order valence-corrected chi connectivity index (χ1v) is 6.69. The van der Waals surface area contributed by atoms with Crippen molar-refractivity contribution < 1.29 is 5.11 Å². The Morgan fingerprint density at radius 1 is 1.25 bits per heavy atom. The molecule has 3 rings (SSSR count). The fourth-order valence-electron chi connectivity index (χ4n) is 2.29. The zero-order chi connectivity index (χ0) is 13.9. The molecule has 0 aliphatic rings. The predicted molar refractivity (Wildman–Crippen MR) is 76.1 cm³/mol. The highest BCUT2D eigenvalue weighted by atomic mass is 16.3. The summed E-state index contributed by atoms with van der Waals surface area (Å²) in [6.45, 7) is 2.94. The lowest BCUT2D eigenvalue weighted by atomic mass is 10.0. The van der Waals surface area contributed by atoms with Gasteiger partial charge in [0.25, 0.3) is 0 Å². The molecule has 1 N–H and O–H groups in total. The molecule has 0 aliphatic carbocycles. The fraction of sp³-hybridized carbons (Fsp3) is 0.267. The van der Waals surface area contributed by atoms with Gasteiger partial charge in [-0.2, -0.15) is 5.10 Å². The molecule has 0 saturated carbocycles. The van der Waals surface area contributed by atoms with Crippen LogP contribution in [0.5, 0.6) is 0 Å². The molecule has 0 saturated heterocycles. The van der Waals surface area contributed by atoms with Gasteiger partial charge in [-0.25, -0.2) is 0 Å². The Morgan fingerprint density at radius 2 is 2.10 bits per heavy atom. The minimum atomic E-state index is -0.735. The Balaban J connectivity index is 2.01. The quantitative estimate of drug-likeness (QED) is 0.788. The van der Waals surface area contributed by atoms with Crippen molar-refractivity contribution in [1.29, 1.82) is 0 Å². The number of aliphatic hydroxyl groups excluding tert-OH is 1. The summed E-state index contributed by atoms with van der Waals surface area (Å²) in [5.41, 5.74) is 3.04. The Hall–Kier alpha value is -2.27. The molecule has 1 aromatic carbocycles. The lowest BCUT2D eigenvalue weighted by molar-refractivity contribution is 0.221. The fourth-order valence-corrected chi connectivity index (χ4v) is 2.29. The summed E-state index contributed by atoms with van der Waals surface area (Å²) in [6, 6.07) is 5.64. The van der Waals surface area contributed by atoms with E-state index in [0.717, 1.165) is 35.1 Å². The van der Waals surface area contributed by atoms with Crippen molar-refractivity contribution in [2.45, 2.75) is 26.0 Å². The van der Waals surface area contributed by atoms with Gasteiger partial charge in [0.15, 0.2) is 0 Å². The molecule has 20 heavy (non-hydrogen) atoms. The van der Waals surface area contributed by atoms with Crippen LogP contribution in [0, 0.1) is 0 Å². The number of benzene rings is 1. The number of hydrogen-bond donors (Lipinski definition) is 1. The first-order valence-electron chi connectivity index (χ1n) is 6.69. The Morgan fingerprint density at radius 3 is 2.95 bits per heavy atom. The second-order valence-corrected chi connectivity index (χ2v) is 4.71. The molecule has 0 spiro atoms. The van der Waals surface area contributed by atoms with Crippen LogP contribution < -0.4 is 0 Å². The van der Waals surface area contributed by atoms with E-state index in [1.807, 2.05) is 29.1 Å². The van der Waals surface area contributed by atoms with E-state index in [1.165, 1.54) is 0 Å². The van der Waals surface area contributed by atoms with Gasteiger partial charge in [-0.05, 0) is 12.5 Å². The zero-order valence-electron chi connectivity index (χ0n) is 11.3. The predicted octanol–water partition coefficient (Wildman–Crippen LogP) is 2.32. The number of aromatic nitrogens is 4. The highest BCUT2D eigenvalue weighted by Crippen LogP contribution is 2.26. The minimum Gasteiger partial charge on any atom is -0.383 e. The van der Waals surface area contributed by atoms with Crippen molar-refractivity contribution in [3.8, 4) is 0 Å². The van der Waals surface area contributed by atoms with Crippen LogP contribution in [0.15, 0.2) is 43.0 Å². The number of fused-ring (bicyclic) bond motifs is 1. The summed E-state index contributed by atoms with van der Waals surface area (Å²) >= 11 is 0. The van der Waals surface area contributed by atoms with Crippen molar-refractivity contribution in [2.75, 3.05) is 0 Å². The topological polar surface area (TPSA) is 63.8 Å². The van der Waals surface area contributed by atoms with E-state index < -0.39 is 6.10 Å². The standard InChI is InChI=1S/C15H16N4O/c1-2-8-19-10-11(9-18-19)15(20)12-4-3-5-13-14(12)17-7-6-16-13/h3-7,9-10,15,20H,2,8H2,1H3. The molecule has 0 amide bonds. The van der Waals surface area contributed by atoms with Crippen LogP contribution in [0.2, 0.25) is 0 Å². The van der Waals surface area contributed by atoms with Crippen molar-refractivity contribution in [3.63, 3.8) is 0 Å². The molecular weight excluding hydrogens is 252 g/mol.